The largest absolute Gasteiger partial charge is 0.302 e. The lowest BCUT2D eigenvalue weighted by Crippen LogP contribution is -2.44. The van der Waals surface area contributed by atoms with Crippen LogP contribution in [0.3, 0.4) is 0 Å². The van der Waals surface area contributed by atoms with Crippen LogP contribution in [0.15, 0.2) is 48.5 Å². The van der Waals surface area contributed by atoms with Gasteiger partial charge in [-0.3, -0.25) is 15.1 Å². The van der Waals surface area contributed by atoms with Crippen LogP contribution < -0.4 is 0 Å². The summed E-state index contributed by atoms with van der Waals surface area (Å²) in [5, 5.41) is 9.41. The van der Waals surface area contributed by atoms with E-state index in [0.717, 1.165) is 49.2 Å². The number of halogens is 1. The summed E-state index contributed by atoms with van der Waals surface area (Å²) in [5.41, 5.74) is 2.62. The molecular formula is C26H30ClN3O. The lowest BCUT2D eigenvalue weighted by Gasteiger charge is -2.30. The van der Waals surface area contributed by atoms with Gasteiger partial charge in [0.2, 0.25) is 5.91 Å². The molecule has 1 unspecified atom stereocenters. The number of nitrogens with one attached hydrogen (secondary N) is 1. The van der Waals surface area contributed by atoms with Crippen molar-refractivity contribution in [1.82, 2.24) is 9.80 Å². The van der Waals surface area contributed by atoms with Gasteiger partial charge in [0.1, 0.15) is 5.84 Å². The molecule has 5 rings (SSSR count). The highest BCUT2D eigenvalue weighted by molar-refractivity contribution is 6.30. The van der Waals surface area contributed by atoms with Crippen molar-refractivity contribution in [3.8, 4) is 11.1 Å². The van der Waals surface area contributed by atoms with Crippen LogP contribution in [0, 0.1) is 11.3 Å². The van der Waals surface area contributed by atoms with Crippen molar-refractivity contribution in [1.29, 1.82) is 5.41 Å². The minimum Gasteiger partial charge on any atom is -0.302 e. The zero-order valence-corrected chi connectivity index (χ0v) is 18.7. The monoisotopic (exact) mass is 435 g/mol. The van der Waals surface area contributed by atoms with Crippen LogP contribution in [0.4, 0.5) is 0 Å². The molecule has 2 aromatic carbocycles. The minimum atomic E-state index is -0.576. The Bertz CT molecular complexity index is 996. The fourth-order valence-electron chi connectivity index (χ4n) is 5.46. The zero-order valence-electron chi connectivity index (χ0n) is 17.9. The molecule has 1 amide bonds. The number of amides is 1. The third-order valence-electron chi connectivity index (χ3n) is 7.30. The lowest BCUT2D eigenvalue weighted by molar-refractivity contribution is -0.131. The van der Waals surface area contributed by atoms with Crippen molar-refractivity contribution in [2.24, 2.45) is 5.92 Å². The second-order valence-corrected chi connectivity index (χ2v) is 9.76. The fraction of sp³-hybridized carbons (Fsp3) is 0.462. The van der Waals surface area contributed by atoms with E-state index < -0.39 is 5.41 Å². The molecule has 1 N–H and O–H groups in total. The molecule has 2 saturated heterocycles. The van der Waals surface area contributed by atoms with Gasteiger partial charge in [-0.15, -0.1) is 0 Å². The van der Waals surface area contributed by atoms with Gasteiger partial charge in [-0.05, 0) is 73.5 Å². The van der Waals surface area contributed by atoms with Gasteiger partial charge in [0.15, 0.2) is 0 Å². The molecule has 1 aliphatic carbocycles. The van der Waals surface area contributed by atoms with E-state index >= 15 is 0 Å². The van der Waals surface area contributed by atoms with Crippen LogP contribution in [-0.2, 0) is 10.2 Å². The van der Waals surface area contributed by atoms with Crippen LogP contribution in [0.25, 0.3) is 11.1 Å². The predicted molar refractivity (Wildman–Crippen MR) is 126 cm³/mol. The smallest absolute Gasteiger partial charge is 0.239 e. The second-order valence-electron chi connectivity index (χ2n) is 9.32. The number of carbonyl (C=O) groups excluding carboxylic acids is 1. The van der Waals surface area contributed by atoms with Crippen molar-refractivity contribution in [2.75, 3.05) is 26.2 Å². The first-order valence-electron chi connectivity index (χ1n) is 11.6. The summed E-state index contributed by atoms with van der Waals surface area (Å²) in [6.45, 7) is 3.74. The fourth-order valence-corrected chi connectivity index (χ4v) is 5.65. The number of carbonyl (C=O) groups is 1. The summed E-state index contributed by atoms with van der Waals surface area (Å²) in [5.74, 6) is 0.970. The number of amidine groups is 1. The van der Waals surface area contributed by atoms with Crippen LogP contribution in [0.1, 0.15) is 44.1 Å². The van der Waals surface area contributed by atoms with Crippen LogP contribution in [0.2, 0.25) is 5.02 Å². The molecule has 0 aromatic heterocycles. The summed E-state index contributed by atoms with van der Waals surface area (Å²) in [6, 6.07) is 16.2. The first kappa shape index (κ1) is 20.7. The maximum absolute atomic E-state index is 13.8. The summed E-state index contributed by atoms with van der Waals surface area (Å²) in [6.07, 6.45) is 6.46. The van der Waals surface area contributed by atoms with E-state index in [-0.39, 0.29) is 5.91 Å². The predicted octanol–water partition coefficient (Wildman–Crippen LogP) is 5.35. The maximum Gasteiger partial charge on any atom is 0.239 e. The van der Waals surface area contributed by atoms with Gasteiger partial charge in [-0.2, -0.15) is 0 Å². The average Bonchev–Trinajstić information content (AvgIpc) is 3.60. The molecule has 5 heteroatoms. The molecule has 3 aliphatic rings. The molecule has 31 heavy (non-hydrogen) atoms. The Balaban J connectivity index is 1.43. The number of hydrogen-bond donors (Lipinski definition) is 1. The lowest BCUT2D eigenvalue weighted by atomic mass is 9.74. The SMILES string of the molecule is N=C1CC(c2cccc(-c3cccc(Cl)c3)c2)(C2CC2)C(=O)N1CCN1CCCCC1. The Morgan fingerprint density at radius 2 is 1.68 bits per heavy atom. The van der Waals surface area contributed by atoms with E-state index in [2.05, 4.69) is 29.2 Å². The number of likely N-dealkylation sites (tertiary alicyclic amines) is 2. The van der Waals surface area contributed by atoms with E-state index in [0.29, 0.717) is 29.7 Å². The molecule has 162 valence electrons. The van der Waals surface area contributed by atoms with Crippen molar-refractivity contribution >= 4 is 23.3 Å². The van der Waals surface area contributed by atoms with E-state index in [1.165, 1.54) is 19.3 Å². The molecule has 2 heterocycles. The van der Waals surface area contributed by atoms with E-state index in [9.17, 15) is 4.79 Å². The second kappa shape index (κ2) is 8.40. The molecule has 0 bridgehead atoms. The van der Waals surface area contributed by atoms with Crippen LogP contribution in [0.5, 0.6) is 0 Å². The summed E-state index contributed by atoms with van der Waals surface area (Å²) >= 11 is 6.22. The molecule has 3 fully saturated rings. The minimum absolute atomic E-state index is 0.139. The normalized spacial score (nSPS) is 24.7. The van der Waals surface area contributed by atoms with Crippen molar-refractivity contribution in [3.05, 3.63) is 59.1 Å². The van der Waals surface area contributed by atoms with Gasteiger partial charge in [-0.1, -0.05) is 54.4 Å². The molecule has 2 aliphatic heterocycles. The Hall–Kier alpha value is -2.17. The van der Waals surface area contributed by atoms with Crippen LogP contribution in [-0.4, -0.2) is 47.7 Å². The van der Waals surface area contributed by atoms with Gasteiger partial charge < -0.3 is 4.90 Å². The Kier molecular flexibility index (Phi) is 5.61. The van der Waals surface area contributed by atoms with Gasteiger partial charge in [0.25, 0.3) is 0 Å². The summed E-state index contributed by atoms with van der Waals surface area (Å²) < 4.78 is 0. The molecule has 2 aromatic rings. The number of hydrogen-bond acceptors (Lipinski definition) is 3. The van der Waals surface area contributed by atoms with Crippen molar-refractivity contribution in [2.45, 2.75) is 43.9 Å². The number of rotatable bonds is 6. The van der Waals surface area contributed by atoms with E-state index in [1.54, 1.807) is 4.90 Å². The Labute approximate surface area is 189 Å². The third kappa shape index (κ3) is 3.92. The molecule has 0 spiro atoms. The molecule has 1 atom stereocenters. The third-order valence-corrected chi connectivity index (χ3v) is 7.53. The quantitative estimate of drug-likeness (QED) is 0.664. The highest BCUT2D eigenvalue weighted by Gasteiger charge is 2.58. The van der Waals surface area contributed by atoms with Crippen LogP contribution >= 0.6 is 11.6 Å². The highest BCUT2D eigenvalue weighted by atomic mass is 35.5. The number of nitrogens with zero attached hydrogens (tertiary/aromatic N) is 2. The van der Waals surface area contributed by atoms with Crippen molar-refractivity contribution in [3.63, 3.8) is 0 Å². The molecule has 4 nitrogen and oxygen atoms in total. The first-order valence-corrected chi connectivity index (χ1v) is 11.9. The standard InChI is InChI=1S/C26H30ClN3O/c27-23-9-5-7-20(17-23)19-6-4-8-22(16-19)26(21-10-11-21)18-24(28)30(25(26)31)15-14-29-12-2-1-3-13-29/h4-9,16-17,21,28H,1-3,10-15,18H2. The first-order chi connectivity index (χ1) is 15.1. The number of benzene rings is 2. The van der Waals surface area contributed by atoms with E-state index in [4.69, 9.17) is 17.0 Å². The Morgan fingerprint density at radius 3 is 2.39 bits per heavy atom. The summed E-state index contributed by atoms with van der Waals surface area (Å²) in [4.78, 5) is 18.1. The topological polar surface area (TPSA) is 47.4 Å². The molecule has 0 radical (unpaired) electrons. The Morgan fingerprint density at radius 1 is 0.968 bits per heavy atom. The molecule has 1 saturated carbocycles. The zero-order chi connectivity index (χ0) is 21.4. The average molecular weight is 436 g/mol. The highest BCUT2D eigenvalue weighted by Crippen LogP contribution is 2.53. The van der Waals surface area contributed by atoms with Gasteiger partial charge in [-0.25, -0.2) is 0 Å². The molecular weight excluding hydrogens is 406 g/mol. The van der Waals surface area contributed by atoms with Gasteiger partial charge >= 0.3 is 0 Å². The maximum atomic E-state index is 13.8. The number of piperidine rings is 1. The summed E-state index contributed by atoms with van der Waals surface area (Å²) in [7, 11) is 0. The van der Waals surface area contributed by atoms with E-state index in [1.807, 2.05) is 24.3 Å². The van der Waals surface area contributed by atoms with Gasteiger partial charge in [0.05, 0.1) is 5.41 Å². The van der Waals surface area contributed by atoms with Gasteiger partial charge in [0, 0.05) is 24.5 Å². The van der Waals surface area contributed by atoms with Crippen molar-refractivity contribution < 1.29 is 4.79 Å².